The summed E-state index contributed by atoms with van der Waals surface area (Å²) in [5.74, 6) is 0. The Hall–Kier alpha value is -1.41. The van der Waals surface area contributed by atoms with Crippen molar-refractivity contribution in [1.82, 2.24) is 0 Å². The summed E-state index contributed by atoms with van der Waals surface area (Å²) >= 11 is 2.02. The van der Waals surface area contributed by atoms with E-state index < -0.39 is 0 Å². The van der Waals surface area contributed by atoms with Crippen LogP contribution in [0.2, 0.25) is 0 Å². The molecule has 1 atom stereocenters. The highest BCUT2D eigenvalue weighted by Gasteiger charge is 2.30. The van der Waals surface area contributed by atoms with E-state index in [-0.39, 0.29) is 10.8 Å². The zero-order chi connectivity index (χ0) is 18.8. The van der Waals surface area contributed by atoms with Gasteiger partial charge in [0.15, 0.2) is 0 Å². The van der Waals surface area contributed by atoms with Crippen LogP contribution >= 0.6 is 11.8 Å². The summed E-state index contributed by atoms with van der Waals surface area (Å²) in [6.07, 6.45) is 9.26. The van der Waals surface area contributed by atoms with Gasteiger partial charge in [-0.2, -0.15) is 0 Å². The Morgan fingerprint density at radius 2 is 1.52 bits per heavy atom. The number of rotatable bonds is 3. The summed E-state index contributed by atoms with van der Waals surface area (Å²) in [4.78, 5) is 3.60. The zero-order valence-corrected chi connectivity index (χ0v) is 17.9. The molecule has 0 fully saturated rings. The normalized spacial score (nSPS) is 19.0. The molecule has 1 aliphatic heterocycles. The molecule has 0 radical (unpaired) electrons. The number of anilines is 1. The molecule has 0 saturated heterocycles. The molecule has 0 spiro atoms. The van der Waals surface area contributed by atoms with Gasteiger partial charge in [0.05, 0.1) is 0 Å². The molecule has 0 N–H and O–H groups in total. The average Bonchev–Trinajstić information content (AvgIpc) is 2.51. The van der Waals surface area contributed by atoms with E-state index in [2.05, 4.69) is 109 Å². The molecule has 1 aliphatic rings. The van der Waals surface area contributed by atoms with Gasteiger partial charge < -0.3 is 4.90 Å². The molecule has 0 amide bonds. The van der Waals surface area contributed by atoms with Crippen LogP contribution in [0.4, 0.5) is 5.69 Å². The van der Waals surface area contributed by atoms with Gasteiger partial charge in [0.2, 0.25) is 0 Å². The number of benzene rings is 1. The van der Waals surface area contributed by atoms with Gasteiger partial charge in [-0.25, -0.2) is 0 Å². The lowest BCUT2D eigenvalue weighted by molar-refractivity contribution is 0.430. The number of thioether (sulfide) groups is 1. The first kappa shape index (κ1) is 19.9. The Morgan fingerprint density at radius 1 is 0.920 bits per heavy atom. The number of nitrogens with zero attached hydrogens (tertiary/aromatic N) is 1. The fourth-order valence-corrected chi connectivity index (χ4v) is 3.99. The van der Waals surface area contributed by atoms with Crippen LogP contribution in [0.15, 0.2) is 53.0 Å². The first-order chi connectivity index (χ1) is 11.5. The van der Waals surface area contributed by atoms with Crippen LogP contribution in [0.1, 0.15) is 47.1 Å². The second kappa shape index (κ2) is 7.45. The lowest BCUT2D eigenvalue weighted by atomic mass is 9.88. The maximum Gasteiger partial charge on any atom is 0.0361 e. The predicted molar refractivity (Wildman–Crippen MR) is 116 cm³/mol. The minimum atomic E-state index is 0.189. The van der Waals surface area contributed by atoms with Gasteiger partial charge in [-0.1, -0.05) is 71.9 Å². The highest BCUT2D eigenvalue weighted by molar-refractivity contribution is 8.04. The Balaban J connectivity index is 2.27. The van der Waals surface area contributed by atoms with Gasteiger partial charge >= 0.3 is 0 Å². The van der Waals surface area contributed by atoms with E-state index in [0.717, 1.165) is 0 Å². The molecule has 25 heavy (non-hydrogen) atoms. The highest BCUT2D eigenvalue weighted by atomic mass is 32.2. The maximum atomic E-state index is 2.42. The summed E-state index contributed by atoms with van der Waals surface area (Å²) in [6, 6.07) is 8.69. The monoisotopic (exact) mass is 355 g/mol. The van der Waals surface area contributed by atoms with Gasteiger partial charge in [-0.3, -0.25) is 0 Å². The summed E-state index contributed by atoms with van der Waals surface area (Å²) in [7, 11) is 4.14. The van der Waals surface area contributed by atoms with E-state index in [0.29, 0.717) is 5.25 Å². The molecule has 1 aromatic rings. The third-order valence-corrected chi connectivity index (χ3v) is 6.45. The van der Waals surface area contributed by atoms with Crippen molar-refractivity contribution in [3.8, 4) is 0 Å². The van der Waals surface area contributed by atoms with Crippen LogP contribution < -0.4 is 4.90 Å². The van der Waals surface area contributed by atoms with Gasteiger partial charge in [0, 0.05) is 25.0 Å². The third kappa shape index (κ3) is 5.54. The zero-order valence-electron chi connectivity index (χ0n) is 17.1. The van der Waals surface area contributed by atoms with E-state index in [9.17, 15) is 0 Å². The second-order valence-corrected chi connectivity index (χ2v) is 10.3. The van der Waals surface area contributed by atoms with Crippen LogP contribution in [0.5, 0.6) is 0 Å². The van der Waals surface area contributed by atoms with Crippen LogP contribution in [-0.4, -0.2) is 19.3 Å². The summed E-state index contributed by atoms with van der Waals surface area (Å²) in [5.41, 5.74) is 4.23. The molecule has 2 rings (SSSR count). The number of hydrogen-bond acceptors (Lipinski definition) is 2. The van der Waals surface area contributed by atoms with Crippen LogP contribution in [0.3, 0.4) is 0 Å². The van der Waals surface area contributed by atoms with Crippen LogP contribution in [-0.2, 0) is 0 Å². The summed E-state index contributed by atoms with van der Waals surface area (Å²) in [6.45, 7) is 13.9. The number of allylic oxidation sites excluding steroid dienone is 4. The van der Waals surface area contributed by atoms with Crippen molar-refractivity contribution in [1.29, 1.82) is 0 Å². The van der Waals surface area contributed by atoms with E-state index >= 15 is 0 Å². The van der Waals surface area contributed by atoms with Crippen molar-refractivity contribution in [2.45, 2.75) is 46.8 Å². The minimum Gasteiger partial charge on any atom is -0.378 e. The van der Waals surface area contributed by atoms with Gasteiger partial charge in [0.25, 0.3) is 0 Å². The lowest BCUT2D eigenvalue weighted by Gasteiger charge is -2.35. The molecule has 136 valence electrons. The Bertz CT molecular complexity index is 676. The molecular weight excluding hydrogens is 322 g/mol. The molecule has 1 heterocycles. The van der Waals surface area contributed by atoms with E-state index in [1.807, 2.05) is 11.8 Å². The SMILES string of the molecule is CN(C)c1ccc(C=CC2=CC(C(C)(C)C)SC(C(C)(C)C)=C2)cc1. The first-order valence-electron chi connectivity index (χ1n) is 9.03. The van der Waals surface area contributed by atoms with Crippen molar-refractivity contribution in [2.75, 3.05) is 19.0 Å². The largest absolute Gasteiger partial charge is 0.378 e. The molecule has 0 bridgehead atoms. The quantitative estimate of drug-likeness (QED) is 0.587. The minimum absolute atomic E-state index is 0.189. The van der Waals surface area contributed by atoms with E-state index in [1.165, 1.54) is 21.7 Å². The smallest absolute Gasteiger partial charge is 0.0361 e. The van der Waals surface area contributed by atoms with Gasteiger partial charge in [-0.15, -0.1) is 11.8 Å². The summed E-state index contributed by atoms with van der Waals surface area (Å²) in [5, 5.41) is 0.502. The first-order valence-corrected chi connectivity index (χ1v) is 9.91. The fourth-order valence-electron chi connectivity index (χ4n) is 2.58. The van der Waals surface area contributed by atoms with E-state index in [4.69, 9.17) is 0 Å². The lowest BCUT2D eigenvalue weighted by Crippen LogP contribution is -2.25. The highest BCUT2D eigenvalue weighted by Crippen LogP contribution is 2.46. The van der Waals surface area contributed by atoms with Crippen LogP contribution in [0, 0.1) is 10.8 Å². The van der Waals surface area contributed by atoms with Crippen molar-refractivity contribution < 1.29 is 0 Å². The molecule has 0 aromatic heterocycles. The molecule has 1 nitrogen and oxygen atoms in total. The predicted octanol–water partition coefficient (Wildman–Crippen LogP) is 6.78. The van der Waals surface area contributed by atoms with Gasteiger partial charge in [0.1, 0.15) is 0 Å². The van der Waals surface area contributed by atoms with E-state index in [1.54, 1.807) is 0 Å². The second-order valence-electron chi connectivity index (χ2n) is 9.15. The Kier molecular flexibility index (Phi) is 5.93. The molecule has 2 heteroatoms. The fraction of sp³-hybridized carbons (Fsp3) is 0.478. The third-order valence-electron chi connectivity index (χ3n) is 4.37. The number of hydrogen-bond donors (Lipinski definition) is 0. The average molecular weight is 356 g/mol. The maximum absolute atomic E-state index is 2.42. The molecular formula is C23H33NS. The molecule has 0 saturated carbocycles. The van der Waals surface area contributed by atoms with Gasteiger partial charge in [-0.05, 0) is 45.1 Å². The summed E-state index contributed by atoms with van der Waals surface area (Å²) < 4.78 is 0. The Morgan fingerprint density at radius 3 is 2.00 bits per heavy atom. The van der Waals surface area contributed by atoms with Crippen molar-refractivity contribution in [2.24, 2.45) is 10.8 Å². The van der Waals surface area contributed by atoms with Crippen LogP contribution in [0.25, 0.3) is 6.08 Å². The van der Waals surface area contributed by atoms with Crippen molar-refractivity contribution >= 4 is 23.5 Å². The van der Waals surface area contributed by atoms with Crippen molar-refractivity contribution in [3.63, 3.8) is 0 Å². The Labute approximate surface area is 158 Å². The molecule has 1 unspecified atom stereocenters. The topological polar surface area (TPSA) is 3.24 Å². The molecule has 0 aliphatic carbocycles. The standard InChI is InChI=1S/C23H33NS/c1-22(2,3)20-15-18(16-21(25-20)23(4,5)6)10-9-17-11-13-19(14-12-17)24(7)8/h9-16,20H,1-8H3. The van der Waals surface area contributed by atoms with Crippen molar-refractivity contribution in [3.05, 3.63) is 58.5 Å². The molecule has 1 aromatic carbocycles.